The first-order valence-electron chi connectivity index (χ1n) is 9.19. The number of halogens is 3. The largest absolute Gasteiger partial charge is 0.416 e. The molecular formula is C22H18F3N3O2. The van der Waals surface area contributed by atoms with Gasteiger partial charge in [-0.1, -0.05) is 18.2 Å². The smallest absolute Gasteiger partial charge is 0.343 e. The molecule has 1 heterocycles. The lowest BCUT2D eigenvalue weighted by Crippen LogP contribution is -2.42. The fraction of sp³-hybridized carbons (Fsp3) is 0.227. The highest BCUT2D eigenvalue weighted by Crippen LogP contribution is 2.29. The van der Waals surface area contributed by atoms with E-state index in [1.807, 2.05) is 6.07 Å². The Balaban J connectivity index is 1.51. The predicted octanol–water partition coefficient (Wildman–Crippen LogP) is 3.29. The first kappa shape index (κ1) is 21.1. The van der Waals surface area contributed by atoms with Crippen LogP contribution in [0.2, 0.25) is 0 Å². The summed E-state index contributed by atoms with van der Waals surface area (Å²) in [5.74, 6) is -0.772. The zero-order chi connectivity index (χ0) is 21.7. The lowest BCUT2D eigenvalue weighted by atomic mass is 9.97. The Bertz CT molecular complexity index is 1020. The van der Waals surface area contributed by atoms with Gasteiger partial charge in [0, 0.05) is 19.2 Å². The number of nitriles is 1. The molecule has 0 spiro atoms. The molecule has 0 aromatic heterocycles. The molecule has 1 aliphatic heterocycles. The highest BCUT2D eigenvalue weighted by atomic mass is 19.4. The third kappa shape index (κ3) is 5.26. The molecule has 1 aliphatic rings. The van der Waals surface area contributed by atoms with Gasteiger partial charge in [0.2, 0.25) is 11.8 Å². The van der Waals surface area contributed by atoms with Crippen molar-refractivity contribution in [2.75, 3.05) is 13.1 Å². The Morgan fingerprint density at radius 3 is 2.53 bits per heavy atom. The normalized spacial score (nSPS) is 13.6. The number of carbonyl (C=O) groups excluding carboxylic acids is 2. The van der Waals surface area contributed by atoms with Crippen LogP contribution in [-0.2, 0) is 28.7 Å². The molecule has 2 aromatic rings. The summed E-state index contributed by atoms with van der Waals surface area (Å²) in [6.45, 7) is 0.708. The van der Waals surface area contributed by atoms with E-state index in [0.29, 0.717) is 30.6 Å². The van der Waals surface area contributed by atoms with Gasteiger partial charge in [0.15, 0.2) is 0 Å². The number of hydrogen-bond acceptors (Lipinski definition) is 3. The molecule has 0 saturated carbocycles. The summed E-state index contributed by atoms with van der Waals surface area (Å²) in [6.07, 6.45) is -1.19. The molecule has 5 nitrogen and oxygen atoms in total. The second kappa shape index (κ2) is 8.82. The van der Waals surface area contributed by atoms with Crippen molar-refractivity contribution in [3.8, 4) is 6.07 Å². The van der Waals surface area contributed by atoms with Crippen molar-refractivity contribution >= 4 is 17.9 Å². The molecular weight excluding hydrogens is 395 g/mol. The van der Waals surface area contributed by atoms with Gasteiger partial charge in [0.05, 0.1) is 23.7 Å². The summed E-state index contributed by atoms with van der Waals surface area (Å²) in [6, 6.07) is 11.9. The third-order valence-corrected chi connectivity index (χ3v) is 4.78. The Morgan fingerprint density at radius 2 is 1.87 bits per heavy atom. The van der Waals surface area contributed by atoms with Gasteiger partial charge in [0.1, 0.15) is 0 Å². The summed E-state index contributed by atoms with van der Waals surface area (Å²) in [5, 5.41) is 11.5. The maximum absolute atomic E-state index is 12.6. The van der Waals surface area contributed by atoms with Crippen LogP contribution in [0.5, 0.6) is 0 Å². The van der Waals surface area contributed by atoms with E-state index in [4.69, 9.17) is 5.26 Å². The summed E-state index contributed by atoms with van der Waals surface area (Å²) >= 11 is 0. The molecule has 0 saturated heterocycles. The monoisotopic (exact) mass is 413 g/mol. The molecule has 1 N–H and O–H groups in total. The van der Waals surface area contributed by atoms with Crippen LogP contribution in [0.4, 0.5) is 13.2 Å². The van der Waals surface area contributed by atoms with Gasteiger partial charge in [-0.3, -0.25) is 9.59 Å². The zero-order valence-electron chi connectivity index (χ0n) is 15.9. The summed E-state index contributed by atoms with van der Waals surface area (Å²) in [4.78, 5) is 25.9. The number of carbonyl (C=O) groups is 2. The molecule has 0 unspecified atom stereocenters. The molecule has 0 atom stereocenters. The van der Waals surface area contributed by atoms with E-state index >= 15 is 0 Å². The van der Waals surface area contributed by atoms with E-state index in [2.05, 4.69) is 11.4 Å². The van der Waals surface area contributed by atoms with Crippen LogP contribution >= 0.6 is 0 Å². The van der Waals surface area contributed by atoms with E-state index in [1.165, 1.54) is 24.3 Å². The van der Waals surface area contributed by atoms with Crippen LogP contribution in [-0.4, -0.2) is 29.8 Å². The maximum atomic E-state index is 12.6. The highest BCUT2D eigenvalue weighted by molar-refractivity contribution is 5.94. The minimum atomic E-state index is -4.41. The minimum Gasteiger partial charge on any atom is -0.343 e. The Labute approximate surface area is 171 Å². The van der Waals surface area contributed by atoms with E-state index in [1.54, 1.807) is 17.0 Å². The summed E-state index contributed by atoms with van der Waals surface area (Å²) < 4.78 is 37.7. The zero-order valence-corrected chi connectivity index (χ0v) is 15.9. The van der Waals surface area contributed by atoms with E-state index < -0.39 is 17.6 Å². The van der Waals surface area contributed by atoms with Crippen LogP contribution < -0.4 is 5.32 Å². The molecule has 0 fully saturated rings. The van der Waals surface area contributed by atoms with E-state index in [9.17, 15) is 22.8 Å². The number of nitrogens with zero attached hydrogens (tertiary/aromatic N) is 2. The molecule has 8 heteroatoms. The average Bonchev–Trinajstić information content (AvgIpc) is 2.74. The van der Waals surface area contributed by atoms with Gasteiger partial charge in [-0.25, -0.2) is 0 Å². The number of nitrogens with one attached hydrogen (secondary N) is 1. The first-order valence-corrected chi connectivity index (χ1v) is 9.19. The molecule has 2 aromatic carbocycles. The predicted molar refractivity (Wildman–Crippen MR) is 104 cm³/mol. The van der Waals surface area contributed by atoms with Crippen molar-refractivity contribution in [1.29, 1.82) is 5.26 Å². The third-order valence-electron chi connectivity index (χ3n) is 4.78. The van der Waals surface area contributed by atoms with Gasteiger partial charge in [-0.05, 0) is 53.5 Å². The number of fused-ring (bicyclic) bond motifs is 1. The van der Waals surface area contributed by atoms with Crippen LogP contribution in [0.15, 0.2) is 48.5 Å². The molecule has 3 rings (SSSR count). The van der Waals surface area contributed by atoms with Crippen molar-refractivity contribution in [2.24, 2.45) is 0 Å². The number of benzene rings is 2. The van der Waals surface area contributed by atoms with Crippen molar-refractivity contribution in [3.63, 3.8) is 0 Å². The number of alkyl halides is 3. The second-order valence-electron chi connectivity index (χ2n) is 6.83. The fourth-order valence-electron chi connectivity index (χ4n) is 3.13. The highest BCUT2D eigenvalue weighted by Gasteiger charge is 2.29. The Kier molecular flexibility index (Phi) is 6.21. The quantitative estimate of drug-likeness (QED) is 0.782. The van der Waals surface area contributed by atoms with Gasteiger partial charge in [-0.15, -0.1) is 0 Å². The van der Waals surface area contributed by atoms with Crippen LogP contribution in [0.3, 0.4) is 0 Å². The number of rotatable bonds is 4. The number of hydrogen-bond donors (Lipinski definition) is 1. The molecule has 30 heavy (non-hydrogen) atoms. The fourth-order valence-corrected chi connectivity index (χ4v) is 3.13. The van der Waals surface area contributed by atoms with Gasteiger partial charge < -0.3 is 10.2 Å². The first-order chi connectivity index (χ1) is 14.3. The SMILES string of the molecule is N#Cc1ccc2c(c1)CN(C(=O)CNC(=O)/C=C/c1ccc(C(F)(F)F)cc1)CC2. The molecule has 0 aliphatic carbocycles. The van der Waals surface area contributed by atoms with Crippen molar-refractivity contribution in [3.05, 3.63) is 76.4 Å². The molecule has 0 radical (unpaired) electrons. The standard InChI is InChI=1S/C22H18F3N3O2/c23-22(24,25)19-6-2-15(3-7-19)4-8-20(29)27-13-21(30)28-10-9-17-5-1-16(12-26)11-18(17)14-28/h1-8,11H,9-10,13-14H2,(H,27,29)/b8-4+. The van der Waals surface area contributed by atoms with Crippen molar-refractivity contribution in [2.45, 2.75) is 19.1 Å². The lowest BCUT2D eigenvalue weighted by molar-refractivity contribution is -0.137. The topological polar surface area (TPSA) is 73.2 Å². The van der Waals surface area contributed by atoms with Gasteiger partial charge >= 0.3 is 6.18 Å². The Hall–Kier alpha value is -3.60. The van der Waals surface area contributed by atoms with E-state index in [-0.39, 0.29) is 12.5 Å². The maximum Gasteiger partial charge on any atom is 0.416 e. The van der Waals surface area contributed by atoms with Crippen molar-refractivity contribution in [1.82, 2.24) is 10.2 Å². The number of amides is 2. The molecule has 154 valence electrons. The van der Waals surface area contributed by atoms with E-state index in [0.717, 1.165) is 23.3 Å². The average molecular weight is 413 g/mol. The summed E-state index contributed by atoms with van der Waals surface area (Å²) in [5.41, 5.74) is 2.22. The van der Waals surface area contributed by atoms with Gasteiger partial charge in [0.25, 0.3) is 0 Å². The molecule has 0 bridgehead atoms. The molecule has 2 amide bonds. The van der Waals surface area contributed by atoms with Crippen molar-refractivity contribution < 1.29 is 22.8 Å². The second-order valence-corrected chi connectivity index (χ2v) is 6.83. The Morgan fingerprint density at radius 1 is 1.13 bits per heavy atom. The minimum absolute atomic E-state index is 0.191. The van der Waals surface area contributed by atoms with Crippen LogP contribution in [0.1, 0.15) is 27.8 Å². The van der Waals surface area contributed by atoms with Gasteiger partial charge in [-0.2, -0.15) is 18.4 Å². The van der Waals surface area contributed by atoms with Crippen LogP contribution in [0.25, 0.3) is 6.08 Å². The lowest BCUT2D eigenvalue weighted by Gasteiger charge is -2.29. The summed E-state index contributed by atoms with van der Waals surface area (Å²) in [7, 11) is 0. The van der Waals surface area contributed by atoms with Crippen LogP contribution in [0, 0.1) is 11.3 Å².